The van der Waals surface area contributed by atoms with Gasteiger partial charge in [0.2, 0.25) is 0 Å². The fourth-order valence-electron chi connectivity index (χ4n) is 3.63. The highest BCUT2D eigenvalue weighted by Crippen LogP contribution is 2.34. The molecule has 1 aliphatic rings. The van der Waals surface area contributed by atoms with Crippen LogP contribution in [0.4, 0.5) is 0 Å². The van der Waals surface area contributed by atoms with Crippen molar-refractivity contribution >= 4 is 22.7 Å². The smallest absolute Gasteiger partial charge is 0.00453 e. The van der Waals surface area contributed by atoms with Crippen LogP contribution in [0.2, 0.25) is 0 Å². The van der Waals surface area contributed by atoms with Crippen molar-refractivity contribution < 1.29 is 0 Å². The van der Waals surface area contributed by atoms with Gasteiger partial charge in [0.05, 0.1) is 0 Å². The van der Waals surface area contributed by atoms with Crippen LogP contribution in [0.5, 0.6) is 0 Å². The monoisotopic (exact) mass is 318 g/mol. The molecule has 1 saturated carbocycles. The Balaban J connectivity index is 1.29. The van der Waals surface area contributed by atoms with Gasteiger partial charge in [-0.15, -0.1) is 22.7 Å². The Morgan fingerprint density at radius 2 is 1.33 bits per heavy atom. The zero-order valence-corrected chi connectivity index (χ0v) is 14.4. The van der Waals surface area contributed by atoms with Gasteiger partial charge < -0.3 is 0 Å². The van der Waals surface area contributed by atoms with E-state index < -0.39 is 0 Å². The standard InChI is InChI=1S/C19H26S2/c1(5-18-6-2-14-20-18)4-16-8-10-17(11-9-16)12-13-19-7-3-15-21-19/h2-3,6-7,14-17H,1,4-5,8-13H2. The largest absolute Gasteiger partial charge is 0.149 e. The van der Waals surface area contributed by atoms with Crippen molar-refractivity contribution in [2.75, 3.05) is 0 Å². The summed E-state index contributed by atoms with van der Waals surface area (Å²) in [5, 5.41) is 4.41. The van der Waals surface area contributed by atoms with E-state index in [2.05, 4.69) is 35.0 Å². The minimum Gasteiger partial charge on any atom is -0.149 e. The Hall–Kier alpha value is -0.600. The maximum absolute atomic E-state index is 2.29. The fourth-order valence-corrected chi connectivity index (χ4v) is 5.11. The molecule has 3 rings (SSSR count). The van der Waals surface area contributed by atoms with E-state index >= 15 is 0 Å². The highest BCUT2D eigenvalue weighted by Gasteiger charge is 2.20. The van der Waals surface area contributed by atoms with E-state index in [0.29, 0.717) is 0 Å². The third-order valence-corrected chi connectivity index (χ3v) is 6.83. The Morgan fingerprint density at radius 3 is 1.90 bits per heavy atom. The second-order valence-corrected chi connectivity index (χ2v) is 8.54. The number of hydrogen-bond acceptors (Lipinski definition) is 2. The summed E-state index contributed by atoms with van der Waals surface area (Å²) in [7, 11) is 0. The van der Waals surface area contributed by atoms with Crippen LogP contribution in [-0.4, -0.2) is 0 Å². The highest BCUT2D eigenvalue weighted by molar-refractivity contribution is 7.10. The molecule has 0 nitrogen and oxygen atoms in total. The van der Waals surface area contributed by atoms with Crippen LogP contribution in [-0.2, 0) is 12.8 Å². The van der Waals surface area contributed by atoms with E-state index in [0.717, 1.165) is 11.8 Å². The molecule has 1 aliphatic carbocycles. The lowest BCUT2D eigenvalue weighted by atomic mass is 9.78. The SMILES string of the molecule is c1csc(CCCC2CCC(CCc3cccs3)CC2)c1. The summed E-state index contributed by atoms with van der Waals surface area (Å²) in [6.45, 7) is 0. The minimum atomic E-state index is 1.00. The Kier molecular flexibility index (Phi) is 5.93. The molecule has 0 radical (unpaired) electrons. The summed E-state index contributed by atoms with van der Waals surface area (Å²) in [6, 6.07) is 8.94. The van der Waals surface area contributed by atoms with Gasteiger partial charge in [0.1, 0.15) is 0 Å². The molecule has 1 fully saturated rings. The fraction of sp³-hybridized carbons (Fsp3) is 0.579. The van der Waals surface area contributed by atoms with Gasteiger partial charge in [0.25, 0.3) is 0 Å². The van der Waals surface area contributed by atoms with Crippen molar-refractivity contribution in [3.8, 4) is 0 Å². The van der Waals surface area contributed by atoms with E-state index in [1.54, 1.807) is 9.75 Å². The van der Waals surface area contributed by atoms with E-state index in [1.807, 2.05) is 22.7 Å². The van der Waals surface area contributed by atoms with E-state index in [9.17, 15) is 0 Å². The van der Waals surface area contributed by atoms with Crippen LogP contribution in [0.1, 0.15) is 54.7 Å². The van der Waals surface area contributed by atoms with Gasteiger partial charge in [-0.1, -0.05) is 44.2 Å². The van der Waals surface area contributed by atoms with Crippen LogP contribution in [0, 0.1) is 11.8 Å². The van der Waals surface area contributed by atoms with Gasteiger partial charge in [0, 0.05) is 9.75 Å². The summed E-state index contributed by atoms with van der Waals surface area (Å²) < 4.78 is 0. The Morgan fingerprint density at radius 1 is 0.762 bits per heavy atom. The molecule has 0 aliphatic heterocycles. The molecule has 0 saturated heterocycles. The third kappa shape index (κ3) is 4.96. The first kappa shape index (κ1) is 15.3. The van der Waals surface area contributed by atoms with E-state index in [4.69, 9.17) is 0 Å². The Bertz CT molecular complexity index is 476. The summed E-state index contributed by atoms with van der Waals surface area (Å²) in [6.07, 6.45) is 12.8. The van der Waals surface area contributed by atoms with E-state index in [1.165, 1.54) is 57.8 Å². The third-order valence-electron chi connectivity index (χ3n) is 4.96. The lowest BCUT2D eigenvalue weighted by Crippen LogP contribution is -2.15. The molecule has 0 amide bonds. The molecule has 0 spiro atoms. The molecular formula is C19H26S2. The molecule has 2 heterocycles. The molecule has 0 N–H and O–H groups in total. The lowest BCUT2D eigenvalue weighted by molar-refractivity contribution is 0.251. The molecule has 2 aromatic heterocycles. The molecular weight excluding hydrogens is 292 g/mol. The van der Waals surface area contributed by atoms with Gasteiger partial charge in [-0.3, -0.25) is 0 Å². The van der Waals surface area contributed by atoms with Crippen LogP contribution in [0.15, 0.2) is 35.0 Å². The van der Waals surface area contributed by atoms with Crippen molar-refractivity contribution in [3.05, 3.63) is 44.8 Å². The van der Waals surface area contributed by atoms with Gasteiger partial charge in [-0.05, 0) is 60.4 Å². The zero-order valence-electron chi connectivity index (χ0n) is 12.8. The molecule has 0 unspecified atom stereocenters. The average molecular weight is 319 g/mol. The topological polar surface area (TPSA) is 0 Å². The van der Waals surface area contributed by atoms with Crippen LogP contribution >= 0.6 is 22.7 Å². The molecule has 2 aromatic rings. The van der Waals surface area contributed by atoms with Crippen molar-refractivity contribution in [1.82, 2.24) is 0 Å². The van der Waals surface area contributed by atoms with Gasteiger partial charge in [-0.25, -0.2) is 0 Å². The van der Waals surface area contributed by atoms with Gasteiger partial charge in [0.15, 0.2) is 0 Å². The number of aryl methyl sites for hydroxylation is 2. The summed E-state index contributed by atoms with van der Waals surface area (Å²) in [4.78, 5) is 3.15. The minimum absolute atomic E-state index is 1.00. The highest BCUT2D eigenvalue weighted by atomic mass is 32.1. The predicted octanol–water partition coefficient (Wildman–Crippen LogP) is 6.57. The molecule has 0 aromatic carbocycles. The van der Waals surface area contributed by atoms with Gasteiger partial charge in [-0.2, -0.15) is 0 Å². The van der Waals surface area contributed by atoms with Crippen LogP contribution in [0.25, 0.3) is 0 Å². The molecule has 0 atom stereocenters. The molecule has 0 bridgehead atoms. The normalized spacial score (nSPS) is 22.5. The van der Waals surface area contributed by atoms with Gasteiger partial charge >= 0.3 is 0 Å². The summed E-state index contributed by atoms with van der Waals surface area (Å²) >= 11 is 3.84. The number of thiophene rings is 2. The van der Waals surface area contributed by atoms with Crippen LogP contribution < -0.4 is 0 Å². The molecule has 2 heteroatoms. The summed E-state index contributed by atoms with van der Waals surface area (Å²) in [5.41, 5.74) is 0. The number of rotatable bonds is 7. The van der Waals surface area contributed by atoms with Crippen molar-refractivity contribution in [2.45, 2.75) is 57.8 Å². The lowest BCUT2D eigenvalue weighted by Gasteiger charge is -2.28. The zero-order chi connectivity index (χ0) is 14.3. The molecule has 114 valence electrons. The van der Waals surface area contributed by atoms with E-state index in [-0.39, 0.29) is 0 Å². The first-order valence-corrected chi connectivity index (χ1v) is 10.2. The second-order valence-electron chi connectivity index (χ2n) is 6.48. The first-order chi connectivity index (χ1) is 10.4. The molecule has 21 heavy (non-hydrogen) atoms. The van der Waals surface area contributed by atoms with Crippen molar-refractivity contribution in [3.63, 3.8) is 0 Å². The first-order valence-electron chi connectivity index (χ1n) is 8.45. The second kappa shape index (κ2) is 8.14. The van der Waals surface area contributed by atoms with Crippen molar-refractivity contribution in [2.24, 2.45) is 11.8 Å². The maximum atomic E-state index is 2.29. The quantitative estimate of drug-likeness (QED) is 0.541. The Labute approximate surface area is 137 Å². The predicted molar refractivity (Wildman–Crippen MR) is 95.3 cm³/mol. The maximum Gasteiger partial charge on any atom is 0.00453 e. The summed E-state index contributed by atoms with van der Waals surface area (Å²) in [5.74, 6) is 2.02. The number of hydrogen-bond donors (Lipinski definition) is 0. The van der Waals surface area contributed by atoms with Crippen molar-refractivity contribution in [1.29, 1.82) is 0 Å². The average Bonchev–Trinajstić information content (AvgIpc) is 3.20. The van der Waals surface area contributed by atoms with Crippen LogP contribution in [0.3, 0.4) is 0 Å².